The van der Waals surface area contributed by atoms with Crippen molar-refractivity contribution in [1.82, 2.24) is 4.31 Å². The van der Waals surface area contributed by atoms with E-state index >= 15 is 0 Å². The number of hydrogen-bond donors (Lipinski definition) is 3. The fraction of sp³-hybridized carbons (Fsp3) is 0.333. The highest BCUT2D eigenvalue weighted by Gasteiger charge is 2.34. The Bertz CT molecular complexity index is 725. The summed E-state index contributed by atoms with van der Waals surface area (Å²) in [5.74, 6) is -1.95. The van der Waals surface area contributed by atoms with Crippen molar-refractivity contribution in [2.24, 2.45) is 11.1 Å². The van der Waals surface area contributed by atoms with E-state index in [4.69, 9.17) is 10.5 Å². The summed E-state index contributed by atoms with van der Waals surface area (Å²) < 4.78 is 36.8. The molecule has 0 bridgehead atoms. The molecule has 0 saturated carbocycles. The number of nitrogens with zero attached hydrogens (tertiary/aromatic N) is 1. The number of halogens is 2. The summed E-state index contributed by atoms with van der Waals surface area (Å²) in [7, 11) is -3.82. The zero-order valence-corrected chi connectivity index (χ0v) is 13.7. The average Bonchev–Trinajstić information content (AvgIpc) is 2.91. The van der Waals surface area contributed by atoms with Crippen LogP contribution in [0.4, 0.5) is 10.1 Å². The summed E-state index contributed by atoms with van der Waals surface area (Å²) in [5.41, 5.74) is 0.382. The highest BCUT2D eigenvalue weighted by molar-refractivity contribution is 9.10. The maximum atomic E-state index is 13.1. The molecule has 0 aliphatic carbocycles. The number of Topliss-reactive ketones (excluding diaryl/α,β-unsaturated/α-hetero) is 1. The maximum absolute atomic E-state index is 13.1. The van der Waals surface area contributed by atoms with Crippen LogP contribution in [0.5, 0.6) is 0 Å². The van der Waals surface area contributed by atoms with Gasteiger partial charge in [0.15, 0.2) is 5.84 Å². The number of nitrogens with one attached hydrogen (secondary N) is 2. The van der Waals surface area contributed by atoms with Gasteiger partial charge in [-0.3, -0.25) is 10.2 Å². The Morgan fingerprint density at radius 1 is 1.50 bits per heavy atom. The molecule has 1 aromatic rings. The molecule has 1 aromatic carbocycles. The predicted octanol–water partition coefficient (Wildman–Crippen LogP) is 1.07. The molecule has 120 valence electrons. The van der Waals surface area contributed by atoms with Crippen molar-refractivity contribution < 1.29 is 17.6 Å². The minimum absolute atomic E-state index is 0.0329. The first-order valence-corrected chi connectivity index (χ1v) is 8.61. The van der Waals surface area contributed by atoms with E-state index in [2.05, 4.69) is 21.2 Å². The third-order valence-corrected chi connectivity index (χ3v) is 4.98. The SMILES string of the molecule is N=C(Nc1ccc(F)c(Br)c1)C(=O)C1CCN(S(N)(=O)=O)C1. The van der Waals surface area contributed by atoms with Gasteiger partial charge < -0.3 is 5.32 Å². The van der Waals surface area contributed by atoms with E-state index in [1.54, 1.807) is 0 Å². The zero-order valence-electron chi connectivity index (χ0n) is 11.3. The summed E-state index contributed by atoms with van der Waals surface area (Å²) in [6, 6.07) is 4.00. The number of nitrogens with two attached hydrogens (primary N) is 1. The van der Waals surface area contributed by atoms with E-state index in [0.717, 1.165) is 4.31 Å². The van der Waals surface area contributed by atoms with Crippen LogP contribution < -0.4 is 10.5 Å². The Morgan fingerprint density at radius 3 is 2.73 bits per heavy atom. The van der Waals surface area contributed by atoms with Crippen LogP contribution in [-0.2, 0) is 15.0 Å². The van der Waals surface area contributed by atoms with Crippen LogP contribution in [0, 0.1) is 17.1 Å². The molecular weight excluding hydrogens is 379 g/mol. The van der Waals surface area contributed by atoms with E-state index in [1.807, 2.05) is 0 Å². The van der Waals surface area contributed by atoms with Crippen LogP contribution in [0.1, 0.15) is 6.42 Å². The summed E-state index contributed by atoms with van der Waals surface area (Å²) >= 11 is 3.01. The second-order valence-corrected chi connectivity index (χ2v) is 7.28. The molecule has 22 heavy (non-hydrogen) atoms. The first-order chi connectivity index (χ1) is 10.2. The van der Waals surface area contributed by atoms with Crippen molar-refractivity contribution in [3.63, 3.8) is 0 Å². The van der Waals surface area contributed by atoms with E-state index in [1.165, 1.54) is 18.2 Å². The van der Waals surface area contributed by atoms with Crippen molar-refractivity contribution >= 4 is 43.4 Å². The molecule has 1 saturated heterocycles. The molecule has 0 radical (unpaired) electrons. The number of anilines is 1. The normalized spacial score (nSPS) is 19.1. The Kier molecular flexibility index (Phi) is 4.95. The lowest BCUT2D eigenvalue weighted by Crippen LogP contribution is -2.37. The molecule has 10 heteroatoms. The smallest absolute Gasteiger partial charge is 0.276 e. The van der Waals surface area contributed by atoms with Crippen LogP contribution in [0.15, 0.2) is 22.7 Å². The zero-order chi connectivity index (χ0) is 16.5. The van der Waals surface area contributed by atoms with Gasteiger partial charge in [0.25, 0.3) is 10.2 Å². The van der Waals surface area contributed by atoms with Gasteiger partial charge in [-0.1, -0.05) is 0 Å². The van der Waals surface area contributed by atoms with Crippen LogP contribution >= 0.6 is 15.9 Å². The monoisotopic (exact) mass is 392 g/mol. The molecule has 1 aliphatic rings. The Balaban J connectivity index is 2.01. The molecular formula is C12H14BrFN4O3S. The van der Waals surface area contributed by atoms with Crippen LogP contribution in [0.2, 0.25) is 0 Å². The molecule has 1 fully saturated rings. The fourth-order valence-corrected chi connectivity index (χ4v) is 3.28. The lowest BCUT2D eigenvalue weighted by molar-refractivity contribution is -0.116. The minimum atomic E-state index is -3.82. The Hall–Kier alpha value is -1.36. The molecule has 1 unspecified atom stereocenters. The standard InChI is InChI=1S/C12H14BrFN4O3S/c13-9-5-8(1-2-10(9)14)17-12(15)11(19)7-3-4-18(6-7)22(16,20)21/h1-2,5,7H,3-4,6H2,(H2,15,17)(H2,16,20,21). The highest BCUT2D eigenvalue weighted by atomic mass is 79.9. The molecule has 0 aromatic heterocycles. The van der Waals surface area contributed by atoms with Gasteiger partial charge in [0.05, 0.1) is 4.47 Å². The van der Waals surface area contributed by atoms with Gasteiger partial charge in [-0.25, -0.2) is 9.53 Å². The quantitative estimate of drug-likeness (QED) is 0.524. The van der Waals surface area contributed by atoms with Gasteiger partial charge in [-0.15, -0.1) is 0 Å². The van der Waals surface area contributed by atoms with E-state index < -0.39 is 27.7 Å². The summed E-state index contributed by atoms with van der Waals surface area (Å²) in [6.45, 7) is 0.124. The topological polar surface area (TPSA) is 116 Å². The van der Waals surface area contributed by atoms with Gasteiger partial charge in [0.1, 0.15) is 5.82 Å². The number of hydrogen-bond acceptors (Lipinski definition) is 4. The fourth-order valence-electron chi connectivity index (χ4n) is 2.16. The molecule has 4 N–H and O–H groups in total. The summed E-state index contributed by atoms with van der Waals surface area (Å²) in [6.07, 6.45) is 0.312. The third-order valence-electron chi connectivity index (χ3n) is 3.32. The number of carbonyl (C=O) groups is 1. The van der Waals surface area contributed by atoms with Gasteiger partial charge in [0, 0.05) is 24.7 Å². The van der Waals surface area contributed by atoms with E-state index in [9.17, 15) is 17.6 Å². The van der Waals surface area contributed by atoms with Crippen molar-refractivity contribution in [2.45, 2.75) is 6.42 Å². The van der Waals surface area contributed by atoms with Gasteiger partial charge in [-0.05, 0) is 40.5 Å². The largest absolute Gasteiger partial charge is 0.338 e. The molecule has 2 rings (SSSR count). The Morgan fingerprint density at radius 2 is 2.18 bits per heavy atom. The second kappa shape index (κ2) is 6.41. The lowest BCUT2D eigenvalue weighted by atomic mass is 10.0. The second-order valence-electron chi connectivity index (χ2n) is 4.88. The van der Waals surface area contributed by atoms with Crippen LogP contribution in [0.3, 0.4) is 0 Å². The van der Waals surface area contributed by atoms with Crippen molar-refractivity contribution in [2.75, 3.05) is 18.4 Å². The first kappa shape index (κ1) is 17.0. The third kappa shape index (κ3) is 3.88. The Labute approximate surface area is 135 Å². The van der Waals surface area contributed by atoms with Gasteiger partial charge in [0.2, 0.25) is 5.78 Å². The molecule has 7 nitrogen and oxygen atoms in total. The first-order valence-electron chi connectivity index (χ1n) is 6.31. The van der Waals surface area contributed by atoms with Crippen LogP contribution in [0.25, 0.3) is 0 Å². The number of benzene rings is 1. The average molecular weight is 393 g/mol. The molecule has 0 spiro atoms. The highest BCUT2D eigenvalue weighted by Crippen LogP contribution is 2.22. The van der Waals surface area contributed by atoms with Gasteiger partial charge in [-0.2, -0.15) is 12.7 Å². The van der Waals surface area contributed by atoms with Crippen molar-refractivity contribution in [3.05, 3.63) is 28.5 Å². The summed E-state index contributed by atoms with van der Waals surface area (Å²) in [5, 5.41) is 15.4. The van der Waals surface area contributed by atoms with Crippen LogP contribution in [-0.4, -0.2) is 37.4 Å². The number of ketones is 1. The van der Waals surface area contributed by atoms with E-state index in [0.29, 0.717) is 12.1 Å². The lowest BCUT2D eigenvalue weighted by Gasteiger charge is -2.13. The molecule has 0 amide bonds. The van der Waals surface area contributed by atoms with Crippen molar-refractivity contribution in [3.8, 4) is 0 Å². The molecule has 1 aliphatic heterocycles. The van der Waals surface area contributed by atoms with Crippen molar-refractivity contribution in [1.29, 1.82) is 5.41 Å². The summed E-state index contributed by atoms with van der Waals surface area (Å²) in [4.78, 5) is 12.1. The number of amidine groups is 1. The molecule has 1 atom stereocenters. The maximum Gasteiger partial charge on any atom is 0.276 e. The minimum Gasteiger partial charge on any atom is -0.338 e. The van der Waals surface area contributed by atoms with Gasteiger partial charge >= 0.3 is 0 Å². The predicted molar refractivity (Wildman–Crippen MR) is 83.2 cm³/mol. The van der Waals surface area contributed by atoms with E-state index in [-0.39, 0.29) is 23.4 Å². The number of rotatable bonds is 4. The number of carbonyl (C=O) groups excluding carboxylic acids is 1. The molecule has 1 heterocycles.